The maximum absolute atomic E-state index is 12.4. The fraction of sp³-hybridized carbons (Fsp3) is 0.429. The van der Waals surface area contributed by atoms with Gasteiger partial charge in [0.1, 0.15) is 0 Å². The standard InChI is InChI=1S/C14H19BrN4O3S/c1-4-19-13(16-17-14(19)22-5-2)10(3)18-23(20,21)12-8-6-11(15)7-9-12/h6-10,18H,4-5H2,1-3H3/t10-/m1/s1. The molecule has 0 aliphatic rings. The number of nitrogens with one attached hydrogen (secondary N) is 1. The quantitative estimate of drug-likeness (QED) is 0.768. The third-order valence-corrected chi connectivity index (χ3v) is 5.26. The van der Waals surface area contributed by atoms with Crippen LogP contribution in [-0.2, 0) is 16.6 Å². The molecule has 1 N–H and O–H groups in total. The van der Waals surface area contributed by atoms with Gasteiger partial charge in [-0.25, -0.2) is 13.1 Å². The van der Waals surface area contributed by atoms with Crippen molar-refractivity contribution < 1.29 is 13.2 Å². The smallest absolute Gasteiger partial charge is 0.316 e. The molecule has 7 nitrogen and oxygen atoms in total. The molecule has 1 aromatic carbocycles. The van der Waals surface area contributed by atoms with Crippen molar-refractivity contribution in [1.82, 2.24) is 19.5 Å². The van der Waals surface area contributed by atoms with Crippen molar-refractivity contribution in [2.45, 2.75) is 38.3 Å². The minimum absolute atomic E-state index is 0.195. The number of sulfonamides is 1. The molecule has 0 spiro atoms. The number of nitrogens with zero attached hydrogens (tertiary/aromatic N) is 3. The zero-order chi connectivity index (χ0) is 17.0. The zero-order valence-corrected chi connectivity index (χ0v) is 15.6. The van der Waals surface area contributed by atoms with Crippen LogP contribution < -0.4 is 9.46 Å². The number of aromatic nitrogens is 3. The molecule has 1 atom stereocenters. The van der Waals surface area contributed by atoms with Gasteiger partial charge in [-0.3, -0.25) is 4.57 Å². The molecular weight excluding hydrogens is 384 g/mol. The van der Waals surface area contributed by atoms with E-state index in [0.717, 1.165) is 4.47 Å². The Labute approximate surface area is 144 Å². The second-order valence-electron chi connectivity index (χ2n) is 4.81. The van der Waals surface area contributed by atoms with E-state index in [4.69, 9.17) is 4.74 Å². The van der Waals surface area contributed by atoms with Gasteiger partial charge in [0.25, 0.3) is 0 Å². The number of halogens is 1. The van der Waals surface area contributed by atoms with Crippen LogP contribution in [0.4, 0.5) is 0 Å². The lowest BCUT2D eigenvalue weighted by Gasteiger charge is -2.15. The lowest BCUT2D eigenvalue weighted by atomic mass is 10.3. The molecule has 9 heteroatoms. The van der Waals surface area contributed by atoms with Crippen LogP contribution >= 0.6 is 15.9 Å². The van der Waals surface area contributed by atoms with Crippen molar-refractivity contribution in [3.05, 3.63) is 34.6 Å². The average molecular weight is 403 g/mol. The summed E-state index contributed by atoms with van der Waals surface area (Å²) in [6.07, 6.45) is 0. The number of hydrogen-bond acceptors (Lipinski definition) is 5. The van der Waals surface area contributed by atoms with E-state index in [2.05, 4.69) is 30.8 Å². The number of rotatable bonds is 7. The third-order valence-electron chi connectivity index (χ3n) is 3.18. The van der Waals surface area contributed by atoms with Gasteiger partial charge in [-0.2, -0.15) is 0 Å². The Bertz CT molecular complexity index is 759. The summed E-state index contributed by atoms with van der Waals surface area (Å²) < 4.78 is 35.5. The van der Waals surface area contributed by atoms with Crippen molar-refractivity contribution >= 4 is 26.0 Å². The summed E-state index contributed by atoms with van der Waals surface area (Å²) in [5, 5.41) is 8.01. The maximum Gasteiger partial charge on any atom is 0.316 e. The summed E-state index contributed by atoms with van der Waals surface area (Å²) in [6, 6.07) is 6.29. The van der Waals surface area contributed by atoms with Crippen molar-refractivity contribution in [1.29, 1.82) is 0 Å². The summed E-state index contributed by atoms with van der Waals surface area (Å²) in [6.45, 7) is 6.56. The highest BCUT2D eigenvalue weighted by atomic mass is 79.9. The van der Waals surface area contributed by atoms with E-state index in [1.807, 2.05) is 13.8 Å². The lowest BCUT2D eigenvalue weighted by Crippen LogP contribution is -2.29. The molecular formula is C14H19BrN4O3S. The fourth-order valence-corrected chi connectivity index (χ4v) is 3.59. The Balaban J connectivity index is 2.24. The van der Waals surface area contributed by atoms with E-state index in [1.54, 1.807) is 23.6 Å². The van der Waals surface area contributed by atoms with Crippen LogP contribution in [0.3, 0.4) is 0 Å². The highest BCUT2D eigenvalue weighted by molar-refractivity contribution is 9.10. The number of hydrogen-bond donors (Lipinski definition) is 1. The van der Waals surface area contributed by atoms with Crippen LogP contribution in [0.15, 0.2) is 33.6 Å². The first-order valence-electron chi connectivity index (χ1n) is 7.22. The van der Waals surface area contributed by atoms with Crippen molar-refractivity contribution in [2.24, 2.45) is 0 Å². The molecule has 1 heterocycles. The van der Waals surface area contributed by atoms with Crippen molar-refractivity contribution in [3.63, 3.8) is 0 Å². The van der Waals surface area contributed by atoms with E-state index in [0.29, 0.717) is 25.0 Å². The van der Waals surface area contributed by atoms with Gasteiger partial charge in [-0.15, -0.1) is 5.10 Å². The SMILES string of the molecule is CCOc1nnc([C@@H](C)NS(=O)(=O)c2ccc(Br)cc2)n1CC. The van der Waals surface area contributed by atoms with E-state index < -0.39 is 16.1 Å². The van der Waals surface area contributed by atoms with Crippen LogP contribution in [0, 0.1) is 0 Å². The first kappa shape index (κ1) is 17.9. The molecule has 126 valence electrons. The van der Waals surface area contributed by atoms with Crippen molar-refractivity contribution in [2.75, 3.05) is 6.61 Å². The normalized spacial score (nSPS) is 13.0. The van der Waals surface area contributed by atoms with Gasteiger partial charge >= 0.3 is 6.01 Å². The van der Waals surface area contributed by atoms with E-state index >= 15 is 0 Å². The summed E-state index contributed by atoms with van der Waals surface area (Å²) in [7, 11) is -3.65. The number of benzene rings is 1. The van der Waals surface area contributed by atoms with Crippen LogP contribution in [0.1, 0.15) is 32.6 Å². The van der Waals surface area contributed by atoms with Gasteiger partial charge in [0.2, 0.25) is 10.0 Å². The molecule has 0 saturated heterocycles. The summed E-state index contributed by atoms with van der Waals surface area (Å²) in [5.41, 5.74) is 0. The van der Waals surface area contributed by atoms with E-state index in [9.17, 15) is 8.42 Å². The summed E-state index contributed by atoms with van der Waals surface area (Å²) >= 11 is 3.29. The molecule has 0 bridgehead atoms. The van der Waals surface area contributed by atoms with Gasteiger partial charge in [-0.05, 0) is 45.0 Å². The third kappa shape index (κ3) is 4.10. The Kier molecular flexibility index (Phi) is 5.77. The van der Waals surface area contributed by atoms with Gasteiger partial charge in [0, 0.05) is 11.0 Å². The van der Waals surface area contributed by atoms with Crippen LogP contribution in [0.2, 0.25) is 0 Å². The van der Waals surface area contributed by atoms with Crippen LogP contribution in [-0.4, -0.2) is 29.8 Å². The van der Waals surface area contributed by atoms with E-state index in [1.165, 1.54) is 12.1 Å². The highest BCUT2D eigenvalue weighted by Crippen LogP contribution is 2.20. The first-order chi connectivity index (χ1) is 10.9. The molecule has 0 unspecified atom stereocenters. The zero-order valence-electron chi connectivity index (χ0n) is 13.2. The molecule has 0 amide bonds. The molecule has 2 rings (SSSR count). The van der Waals surface area contributed by atoms with Crippen LogP contribution in [0.5, 0.6) is 6.01 Å². The summed E-state index contributed by atoms with van der Waals surface area (Å²) in [4.78, 5) is 0.195. The topological polar surface area (TPSA) is 86.1 Å². The predicted molar refractivity (Wildman–Crippen MR) is 89.7 cm³/mol. The second kappa shape index (κ2) is 7.41. The van der Waals surface area contributed by atoms with Gasteiger partial charge in [0.05, 0.1) is 17.5 Å². The highest BCUT2D eigenvalue weighted by Gasteiger charge is 2.23. The Hall–Kier alpha value is -1.45. The average Bonchev–Trinajstić information content (AvgIpc) is 2.90. The predicted octanol–water partition coefficient (Wildman–Crippen LogP) is 2.50. The molecule has 0 saturated carbocycles. The molecule has 0 aliphatic heterocycles. The van der Waals surface area contributed by atoms with Gasteiger partial charge < -0.3 is 4.74 Å². The first-order valence-corrected chi connectivity index (χ1v) is 9.50. The summed E-state index contributed by atoms with van der Waals surface area (Å²) in [5.74, 6) is 0.511. The Morgan fingerprint density at radius 1 is 1.26 bits per heavy atom. The van der Waals surface area contributed by atoms with E-state index in [-0.39, 0.29) is 4.90 Å². The monoisotopic (exact) mass is 402 g/mol. The molecule has 0 aliphatic carbocycles. The van der Waals surface area contributed by atoms with Crippen molar-refractivity contribution in [3.8, 4) is 6.01 Å². The largest absolute Gasteiger partial charge is 0.464 e. The molecule has 1 aromatic heterocycles. The number of ether oxygens (including phenoxy) is 1. The Morgan fingerprint density at radius 2 is 1.91 bits per heavy atom. The molecule has 23 heavy (non-hydrogen) atoms. The minimum atomic E-state index is -3.65. The lowest BCUT2D eigenvalue weighted by molar-refractivity contribution is 0.294. The van der Waals surface area contributed by atoms with Gasteiger partial charge in [-0.1, -0.05) is 21.0 Å². The molecule has 2 aromatic rings. The molecule has 0 fully saturated rings. The second-order valence-corrected chi connectivity index (χ2v) is 7.44. The molecule has 0 radical (unpaired) electrons. The van der Waals surface area contributed by atoms with Gasteiger partial charge in [0.15, 0.2) is 5.82 Å². The minimum Gasteiger partial charge on any atom is -0.464 e. The maximum atomic E-state index is 12.4. The fourth-order valence-electron chi connectivity index (χ4n) is 2.12. The van der Waals surface area contributed by atoms with Crippen LogP contribution in [0.25, 0.3) is 0 Å². The Morgan fingerprint density at radius 3 is 2.48 bits per heavy atom.